The van der Waals surface area contributed by atoms with E-state index in [0.717, 1.165) is 0 Å². The van der Waals surface area contributed by atoms with E-state index >= 15 is 0 Å². The van der Waals surface area contributed by atoms with E-state index in [2.05, 4.69) is 0 Å². The van der Waals surface area contributed by atoms with Crippen LogP contribution in [0, 0.1) is 17.2 Å². The van der Waals surface area contributed by atoms with Crippen molar-refractivity contribution in [1.29, 1.82) is 5.26 Å². The molecule has 1 saturated heterocycles. The average Bonchev–Trinajstić information content (AvgIpc) is 1.61. The topological polar surface area (TPSA) is 64.3 Å². The zero-order valence-electron chi connectivity index (χ0n) is 4.74. The highest BCUT2D eigenvalue weighted by Crippen LogP contribution is 2.13. The van der Waals surface area contributed by atoms with Crippen molar-refractivity contribution >= 4 is 6.09 Å². The first-order valence-electron chi connectivity index (χ1n) is 2.61. The van der Waals surface area contributed by atoms with Gasteiger partial charge in [-0.3, -0.25) is 0 Å². The summed E-state index contributed by atoms with van der Waals surface area (Å²) in [6.07, 6.45) is -0.929. The van der Waals surface area contributed by atoms with Crippen LogP contribution in [0.3, 0.4) is 0 Å². The predicted octanol–water partition coefficient (Wildman–Crippen LogP) is 0.120. The third-order valence-electron chi connectivity index (χ3n) is 1.33. The second-order valence-electron chi connectivity index (χ2n) is 2.01. The quantitative estimate of drug-likeness (QED) is 0.501. The average molecular weight is 126 g/mol. The van der Waals surface area contributed by atoms with Crippen LogP contribution in [0.1, 0.15) is 0 Å². The van der Waals surface area contributed by atoms with Crippen molar-refractivity contribution in [3.63, 3.8) is 0 Å². The molecule has 0 bridgehead atoms. The van der Waals surface area contributed by atoms with Gasteiger partial charge >= 0.3 is 6.09 Å². The number of rotatable bonds is 0. The Morgan fingerprint density at radius 2 is 2.33 bits per heavy atom. The summed E-state index contributed by atoms with van der Waals surface area (Å²) in [5, 5.41) is 16.5. The number of nitrogens with zero attached hydrogens (tertiary/aromatic N) is 2. The number of amides is 1. The Morgan fingerprint density at radius 3 is 2.67 bits per heavy atom. The molecule has 1 aliphatic heterocycles. The van der Waals surface area contributed by atoms with Crippen molar-refractivity contribution in [2.45, 2.75) is 0 Å². The molecule has 1 amide bonds. The van der Waals surface area contributed by atoms with Gasteiger partial charge in [0.05, 0.1) is 12.0 Å². The van der Waals surface area contributed by atoms with Crippen molar-refractivity contribution in [2.24, 2.45) is 5.92 Å². The van der Waals surface area contributed by atoms with Crippen molar-refractivity contribution in [3.8, 4) is 6.07 Å². The van der Waals surface area contributed by atoms with Gasteiger partial charge in [-0.2, -0.15) is 5.26 Å². The molecule has 1 aliphatic rings. The maximum atomic E-state index is 10.1. The highest BCUT2D eigenvalue weighted by molar-refractivity contribution is 5.66. The molecule has 0 aromatic rings. The second-order valence-corrected chi connectivity index (χ2v) is 2.01. The molecule has 4 heteroatoms. The summed E-state index contributed by atoms with van der Waals surface area (Å²) in [7, 11) is 0. The molecule has 0 unspecified atom stereocenters. The van der Waals surface area contributed by atoms with Gasteiger partial charge in [-0.05, 0) is 0 Å². The molecule has 48 valence electrons. The van der Waals surface area contributed by atoms with Crippen LogP contribution in [-0.4, -0.2) is 29.2 Å². The first-order valence-corrected chi connectivity index (χ1v) is 2.61. The molecule has 9 heavy (non-hydrogen) atoms. The van der Waals surface area contributed by atoms with Crippen LogP contribution in [0.5, 0.6) is 0 Å². The molecular formula is C5H6N2O2. The third kappa shape index (κ3) is 0.941. The molecule has 0 aromatic carbocycles. The fourth-order valence-electron chi connectivity index (χ4n) is 0.716. The van der Waals surface area contributed by atoms with Gasteiger partial charge < -0.3 is 10.0 Å². The first-order chi connectivity index (χ1) is 4.24. The fraction of sp³-hybridized carbons (Fsp3) is 0.600. The van der Waals surface area contributed by atoms with Crippen molar-refractivity contribution < 1.29 is 9.90 Å². The lowest BCUT2D eigenvalue weighted by atomic mass is 10.0. The van der Waals surface area contributed by atoms with E-state index in [1.165, 1.54) is 4.90 Å². The Morgan fingerprint density at radius 1 is 1.78 bits per heavy atom. The van der Waals surface area contributed by atoms with E-state index in [-0.39, 0.29) is 5.92 Å². The molecule has 1 heterocycles. The molecule has 1 N–H and O–H groups in total. The van der Waals surface area contributed by atoms with Crippen LogP contribution < -0.4 is 0 Å². The van der Waals surface area contributed by atoms with Crippen LogP contribution in [0.4, 0.5) is 4.79 Å². The number of carbonyl (C=O) groups is 1. The molecule has 0 saturated carbocycles. The van der Waals surface area contributed by atoms with Crippen molar-refractivity contribution in [2.75, 3.05) is 13.1 Å². The Balaban J connectivity index is 2.29. The summed E-state index contributed by atoms with van der Waals surface area (Å²) in [5.41, 5.74) is 0. The van der Waals surface area contributed by atoms with Crippen LogP contribution in [-0.2, 0) is 0 Å². The third-order valence-corrected chi connectivity index (χ3v) is 1.33. The fourth-order valence-corrected chi connectivity index (χ4v) is 0.716. The molecule has 0 atom stereocenters. The van der Waals surface area contributed by atoms with Gasteiger partial charge in [0.15, 0.2) is 0 Å². The van der Waals surface area contributed by atoms with Gasteiger partial charge in [-0.15, -0.1) is 0 Å². The SMILES string of the molecule is N#CC1CN(C(=O)O)C1. The van der Waals surface area contributed by atoms with Gasteiger partial charge in [-0.1, -0.05) is 0 Å². The maximum Gasteiger partial charge on any atom is 0.407 e. The normalized spacial score (nSPS) is 18.3. The number of hydrogen-bond donors (Lipinski definition) is 1. The lowest BCUT2D eigenvalue weighted by molar-refractivity contribution is 0.0994. The minimum Gasteiger partial charge on any atom is -0.465 e. The van der Waals surface area contributed by atoms with E-state index < -0.39 is 6.09 Å². The molecule has 4 nitrogen and oxygen atoms in total. The Hall–Kier alpha value is -1.24. The smallest absolute Gasteiger partial charge is 0.407 e. The maximum absolute atomic E-state index is 10.1. The first kappa shape index (κ1) is 5.89. The molecule has 0 spiro atoms. The van der Waals surface area contributed by atoms with Crippen molar-refractivity contribution in [3.05, 3.63) is 0 Å². The standard InChI is InChI=1S/C5H6N2O2/c6-1-4-2-7(3-4)5(8)9/h4H,2-3H2,(H,8,9). The monoisotopic (exact) mass is 126 g/mol. The summed E-state index contributed by atoms with van der Waals surface area (Å²) in [6.45, 7) is 0.762. The summed E-state index contributed by atoms with van der Waals surface area (Å²) in [6, 6.07) is 1.98. The molecular weight excluding hydrogens is 120 g/mol. The second kappa shape index (κ2) is 1.94. The number of hydrogen-bond acceptors (Lipinski definition) is 2. The highest BCUT2D eigenvalue weighted by atomic mass is 16.4. The van der Waals surface area contributed by atoms with Gasteiger partial charge in [-0.25, -0.2) is 4.79 Å². The van der Waals surface area contributed by atoms with Gasteiger partial charge in [0.1, 0.15) is 0 Å². The molecule has 0 aliphatic carbocycles. The van der Waals surface area contributed by atoms with E-state index in [4.69, 9.17) is 10.4 Å². The van der Waals surface area contributed by atoms with E-state index in [0.29, 0.717) is 13.1 Å². The summed E-state index contributed by atoms with van der Waals surface area (Å²) >= 11 is 0. The van der Waals surface area contributed by atoms with Gasteiger partial charge in [0, 0.05) is 13.1 Å². The summed E-state index contributed by atoms with van der Waals surface area (Å²) < 4.78 is 0. The lowest BCUT2D eigenvalue weighted by Gasteiger charge is -2.32. The van der Waals surface area contributed by atoms with Crippen molar-refractivity contribution in [1.82, 2.24) is 4.90 Å². The largest absolute Gasteiger partial charge is 0.465 e. The Labute approximate surface area is 52.3 Å². The van der Waals surface area contributed by atoms with Gasteiger partial charge in [0.2, 0.25) is 0 Å². The molecule has 0 radical (unpaired) electrons. The number of carboxylic acid groups (broad SMARTS) is 1. The van der Waals surface area contributed by atoms with Crippen LogP contribution in [0.15, 0.2) is 0 Å². The highest BCUT2D eigenvalue weighted by Gasteiger charge is 2.29. The molecule has 1 fully saturated rings. The molecule has 0 aromatic heterocycles. The van der Waals surface area contributed by atoms with Crippen LogP contribution in [0.2, 0.25) is 0 Å². The van der Waals surface area contributed by atoms with E-state index in [1.54, 1.807) is 0 Å². The predicted molar refractivity (Wildman–Crippen MR) is 28.7 cm³/mol. The van der Waals surface area contributed by atoms with Crippen LogP contribution in [0.25, 0.3) is 0 Å². The minimum absolute atomic E-state index is 0.0684. The van der Waals surface area contributed by atoms with Crippen LogP contribution >= 0.6 is 0 Å². The zero-order valence-corrected chi connectivity index (χ0v) is 4.74. The van der Waals surface area contributed by atoms with E-state index in [9.17, 15) is 4.79 Å². The zero-order chi connectivity index (χ0) is 6.85. The van der Waals surface area contributed by atoms with Gasteiger partial charge in [0.25, 0.3) is 0 Å². The van der Waals surface area contributed by atoms with E-state index in [1.807, 2.05) is 6.07 Å². The summed E-state index contributed by atoms with van der Waals surface area (Å²) in [5.74, 6) is -0.0684. The Bertz CT molecular complexity index is 166. The number of nitriles is 1. The minimum atomic E-state index is -0.929. The lowest BCUT2D eigenvalue weighted by Crippen LogP contribution is -2.48. The summed E-state index contributed by atoms with van der Waals surface area (Å²) in [4.78, 5) is 11.3. The molecule has 1 rings (SSSR count). The number of likely N-dealkylation sites (tertiary alicyclic amines) is 1. The Kier molecular flexibility index (Phi) is 1.27.